The maximum atomic E-state index is 12.2. The lowest BCUT2D eigenvalue weighted by Crippen LogP contribution is -2.51. The van der Waals surface area contributed by atoms with Crippen LogP contribution >= 0.6 is 15.9 Å². The molecule has 4 saturated carbocycles. The molecule has 0 heterocycles. The molecule has 4 aliphatic rings. The fourth-order valence-electron chi connectivity index (χ4n) is 5.86. The average molecular weight is 406 g/mol. The van der Waals surface area contributed by atoms with Crippen molar-refractivity contribution < 1.29 is 9.53 Å². The maximum Gasteiger partial charge on any atom is 0.220 e. The Labute approximate surface area is 159 Å². The Morgan fingerprint density at radius 3 is 2.48 bits per heavy atom. The van der Waals surface area contributed by atoms with Crippen LogP contribution in [-0.4, -0.2) is 19.1 Å². The molecule has 0 radical (unpaired) electrons. The molecule has 0 aliphatic heterocycles. The van der Waals surface area contributed by atoms with Gasteiger partial charge in [0.05, 0.1) is 6.61 Å². The first-order valence-corrected chi connectivity index (χ1v) is 10.5. The van der Waals surface area contributed by atoms with Crippen LogP contribution in [0.3, 0.4) is 0 Å². The van der Waals surface area contributed by atoms with Crippen LogP contribution in [0.1, 0.15) is 51.4 Å². The van der Waals surface area contributed by atoms with Crippen LogP contribution in [0.2, 0.25) is 0 Å². The van der Waals surface area contributed by atoms with E-state index in [1.54, 1.807) is 0 Å². The van der Waals surface area contributed by atoms with Gasteiger partial charge in [0.1, 0.15) is 5.75 Å². The van der Waals surface area contributed by atoms with Crippen LogP contribution in [0.15, 0.2) is 28.7 Å². The lowest BCUT2D eigenvalue weighted by Gasteiger charge is -2.56. The molecule has 0 unspecified atom stereocenters. The van der Waals surface area contributed by atoms with Gasteiger partial charge in [-0.25, -0.2) is 0 Å². The number of rotatable bonds is 7. The molecule has 5 rings (SSSR count). The molecule has 4 heteroatoms. The van der Waals surface area contributed by atoms with Crippen LogP contribution in [0.5, 0.6) is 5.75 Å². The summed E-state index contributed by atoms with van der Waals surface area (Å²) in [5.41, 5.74) is 0.428. The first-order valence-electron chi connectivity index (χ1n) is 9.75. The first kappa shape index (κ1) is 17.4. The lowest BCUT2D eigenvalue weighted by atomic mass is 9.49. The van der Waals surface area contributed by atoms with Gasteiger partial charge in [0, 0.05) is 17.4 Å². The van der Waals surface area contributed by atoms with Gasteiger partial charge in [-0.15, -0.1) is 0 Å². The first-order chi connectivity index (χ1) is 12.1. The molecule has 0 aromatic heterocycles. The minimum atomic E-state index is 0.189. The number of carbonyl (C=O) groups is 1. The van der Waals surface area contributed by atoms with Crippen molar-refractivity contribution in [3.8, 4) is 5.75 Å². The molecule has 1 amide bonds. The number of nitrogens with one attached hydrogen (secondary N) is 1. The minimum Gasteiger partial charge on any atom is -0.494 e. The third-order valence-electron chi connectivity index (χ3n) is 6.44. The molecule has 25 heavy (non-hydrogen) atoms. The summed E-state index contributed by atoms with van der Waals surface area (Å²) in [5.74, 6) is 3.88. The van der Waals surface area contributed by atoms with E-state index in [1.807, 2.05) is 24.3 Å². The highest BCUT2D eigenvalue weighted by molar-refractivity contribution is 9.10. The van der Waals surface area contributed by atoms with Gasteiger partial charge >= 0.3 is 0 Å². The number of ether oxygens (including phenoxy) is 1. The molecule has 4 bridgehead atoms. The van der Waals surface area contributed by atoms with Gasteiger partial charge in [0.25, 0.3) is 0 Å². The number of carbonyl (C=O) groups excluding carboxylic acids is 1. The second-order valence-corrected chi connectivity index (χ2v) is 9.52. The van der Waals surface area contributed by atoms with Crippen molar-refractivity contribution in [1.29, 1.82) is 0 Å². The highest BCUT2D eigenvalue weighted by atomic mass is 79.9. The summed E-state index contributed by atoms with van der Waals surface area (Å²) in [4.78, 5) is 12.2. The van der Waals surface area contributed by atoms with Gasteiger partial charge < -0.3 is 10.1 Å². The number of hydrogen-bond donors (Lipinski definition) is 1. The van der Waals surface area contributed by atoms with Gasteiger partial charge in [-0.1, -0.05) is 22.0 Å². The molecule has 1 N–H and O–H groups in total. The molecule has 3 nitrogen and oxygen atoms in total. The Morgan fingerprint density at radius 1 is 1.16 bits per heavy atom. The average Bonchev–Trinajstić information content (AvgIpc) is 2.56. The molecule has 4 fully saturated rings. The largest absolute Gasteiger partial charge is 0.494 e. The lowest BCUT2D eigenvalue weighted by molar-refractivity contribution is -0.123. The maximum absolute atomic E-state index is 12.2. The Bertz CT molecular complexity index is 595. The molecule has 136 valence electrons. The van der Waals surface area contributed by atoms with Crippen LogP contribution in [0, 0.1) is 23.2 Å². The third-order valence-corrected chi connectivity index (χ3v) is 6.93. The SMILES string of the molecule is O=C(CCCOc1cccc(Br)c1)NCC12CC3CC(CC(C3)C1)C2. The zero-order valence-electron chi connectivity index (χ0n) is 14.8. The van der Waals surface area contributed by atoms with Crippen molar-refractivity contribution in [3.63, 3.8) is 0 Å². The number of hydrogen-bond acceptors (Lipinski definition) is 2. The minimum absolute atomic E-state index is 0.189. The van der Waals surface area contributed by atoms with Crippen LogP contribution in [0.25, 0.3) is 0 Å². The monoisotopic (exact) mass is 405 g/mol. The third kappa shape index (κ3) is 4.21. The van der Waals surface area contributed by atoms with Crippen molar-refractivity contribution in [2.75, 3.05) is 13.2 Å². The smallest absolute Gasteiger partial charge is 0.220 e. The summed E-state index contributed by atoms with van der Waals surface area (Å²) in [6, 6.07) is 7.83. The fourth-order valence-corrected chi connectivity index (χ4v) is 6.24. The summed E-state index contributed by atoms with van der Waals surface area (Å²) < 4.78 is 6.72. The van der Waals surface area contributed by atoms with Crippen LogP contribution in [-0.2, 0) is 4.79 Å². The number of benzene rings is 1. The van der Waals surface area contributed by atoms with E-state index in [4.69, 9.17) is 4.74 Å². The Balaban J connectivity index is 1.17. The summed E-state index contributed by atoms with van der Waals surface area (Å²) in [6.45, 7) is 1.49. The van der Waals surface area contributed by atoms with Crippen molar-refractivity contribution in [3.05, 3.63) is 28.7 Å². The molecule has 0 atom stereocenters. The van der Waals surface area contributed by atoms with Gasteiger partial charge in [0.15, 0.2) is 0 Å². The quantitative estimate of drug-likeness (QED) is 0.652. The van der Waals surface area contributed by atoms with Crippen molar-refractivity contribution in [2.45, 2.75) is 51.4 Å². The van der Waals surface area contributed by atoms with Gasteiger partial charge in [0.2, 0.25) is 5.91 Å². The molecule has 0 saturated heterocycles. The summed E-state index contributed by atoms with van der Waals surface area (Å²) in [7, 11) is 0. The van der Waals surface area contributed by atoms with E-state index in [9.17, 15) is 4.79 Å². The summed E-state index contributed by atoms with van der Waals surface area (Å²) in [6.07, 6.45) is 9.75. The van der Waals surface area contributed by atoms with E-state index in [-0.39, 0.29) is 5.91 Å². The normalized spacial score (nSPS) is 32.6. The van der Waals surface area contributed by atoms with E-state index < -0.39 is 0 Å². The van der Waals surface area contributed by atoms with E-state index in [2.05, 4.69) is 21.2 Å². The summed E-state index contributed by atoms with van der Waals surface area (Å²) >= 11 is 3.44. The Morgan fingerprint density at radius 2 is 1.84 bits per heavy atom. The highest BCUT2D eigenvalue weighted by Crippen LogP contribution is 2.59. The molecule has 1 aromatic rings. The second-order valence-electron chi connectivity index (χ2n) is 8.60. The van der Waals surface area contributed by atoms with E-state index in [0.29, 0.717) is 18.4 Å². The van der Waals surface area contributed by atoms with E-state index in [1.165, 1.54) is 38.5 Å². The van der Waals surface area contributed by atoms with Crippen molar-refractivity contribution in [1.82, 2.24) is 5.32 Å². The topological polar surface area (TPSA) is 38.3 Å². The number of halogens is 1. The van der Waals surface area contributed by atoms with E-state index >= 15 is 0 Å². The van der Waals surface area contributed by atoms with Gasteiger partial charge in [-0.05, 0) is 86.3 Å². The Hall–Kier alpha value is -1.03. The second kappa shape index (κ2) is 7.30. The zero-order valence-corrected chi connectivity index (χ0v) is 16.4. The standard InChI is InChI=1S/C21H28BrNO2/c22-18-3-1-4-19(10-18)25-6-2-5-20(24)23-14-21-11-15-7-16(12-21)9-17(8-15)13-21/h1,3-4,10,15-17H,2,5-9,11-14H2,(H,23,24). The molecular formula is C21H28BrNO2. The molecular weight excluding hydrogens is 378 g/mol. The van der Waals surface area contributed by atoms with Gasteiger partial charge in [-0.2, -0.15) is 0 Å². The van der Waals surface area contributed by atoms with Crippen LogP contribution < -0.4 is 10.1 Å². The van der Waals surface area contributed by atoms with Crippen LogP contribution in [0.4, 0.5) is 0 Å². The predicted octanol–water partition coefficient (Wildman–Crippen LogP) is 4.94. The predicted molar refractivity (Wildman–Crippen MR) is 102 cm³/mol. The fraction of sp³-hybridized carbons (Fsp3) is 0.667. The van der Waals surface area contributed by atoms with Gasteiger partial charge in [-0.3, -0.25) is 4.79 Å². The molecule has 4 aliphatic carbocycles. The van der Waals surface area contributed by atoms with Crippen molar-refractivity contribution >= 4 is 21.8 Å². The number of amides is 1. The Kier molecular flexibility index (Phi) is 5.08. The highest BCUT2D eigenvalue weighted by Gasteiger charge is 2.50. The zero-order chi connectivity index (χ0) is 17.3. The molecule has 0 spiro atoms. The summed E-state index contributed by atoms with van der Waals surface area (Å²) in [5, 5.41) is 3.25. The van der Waals surface area contributed by atoms with E-state index in [0.717, 1.165) is 40.9 Å². The molecule has 1 aromatic carbocycles. The van der Waals surface area contributed by atoms with Crippen molar-refractivity contribution in [2.24, 2.45) is 23.2 Å².